The average Bonchev–Trinajstić information content (AvgIpc) is 3.93. The number of aliphatic hydroxyl groups is 1. The van der Waals surface area contributed by atoms with Gasteiger partial charge in [-0.3, -0.25) is 19.4 Å². The van der Waals surface area contributed by atoms with Crippen molar-refractivity contribution >= 4 is 41.5 Å². The molecule has 7 N–H and O–H groups in total. The molecule has 1 saturated carbocycles. The first-order valence-electron chi connectivity index (χ1n) is 26.3. The molecule has 3 aliphatic rings. The number of likely N-dealkylation sites (tertiary alicyclic amines) is 1. The number of anilines is 1. The molecular weight excluding hydrogens is 917 g/mol. The van der Waals surface area contributed by atoms with Crippen LogP contribution in [0, 0.1) is 11.8 Å². The lowest BCUT2D eigenvalue weighted by Crippen LogP contribution is -2.41. The molecule has 1 saturated heterocycles. The van der Waals surface area contributed by atoms with Crippen LogP contribution in [-0.2, 0) is 23.9 Å². The fourth-order valence-electron chi connectivity index (χ4n) is 7.38. The van der Waals surface area contributed by atoms with E-state index in [4.69, 9.17) is 19.7 Å². The van der Waals surface area contributed by atoms with E-state index in [0.717, 1.165) is 59.3 Å². The van der Waals surface area contributed by atoms with Crippen LogP contribution in [-0.4, -0.2) is 137 Å². The summed E-state index contributed by atoms with van der Waals surface area (Å²) in [5.41, 5.74) is 1.81. The molecule has 0 bridgehead atoms. The fourth-order valence-corrected chi connectivity index (χ4v) is 8.19. The molecule has 1 aromatic rings. The summed E-state index contributed by atoms with van der Waals surface area (Å²) in [6.07, 6.45) is 31.3. The molecule has 71 heavy (non-hydrogen) atoms. The Balaban J connectivity index is -0.000000871. The molecule has 5 atom stereocenters. The van der Waals surface area contributed by atoms with E-state index in [9.17, 15) is 14.4 Å². The Kier molecular flexibility index (Phi) is 49.2. The van der Waals surface area contributed by atoms with Crippen LogP contribution in [0.3, 0.4) is 0 Å². The second-order valence-electron chi connectivity index (χ2n) is 17.1. The van der Waals surface area contributed by atoms with E-state index < -0.39 is 5.97 Å². The number of carboxylic acid groups (broad SMARTS) is 1. The van der Waals surface area contributed by atoms with E-state index in [-0.39, 0.29) is 31.0 Å². The minimum Gasteiger partial charge on any atom is -0.497 e. The molecule has 15 nitrogen and oxygen atoms in total. The number of aliphatic hydroxyl groups excluding tert-OH is 1. The summed E-state index contributed by atoms with van der Waals surface area (Å²) in [6, 6.07) is 1.41. The molecule has 1 aliphatic heterocycles. The number of likely N-dealkylation sites (N-methyl/N-ethyl adjacent to an activating group) is 2. The maximum absolute atomic E-state index is 10.6. The SMILES string of the molecule is C/C=C(/OC)C1=CC(N=Cc2csc(NC(C)C)n2)C=C(OC)C=C1.CC.CC.CCCCC/C=C\C(C)C(CC(=O)O)NC=O.CNCC(NC)C1CCCCC1.C[C@@H]1CCCN1C.O=CNCCO. The third-order valence-corrected chi connectivity index (χ3v) is 12.2. The number of aliphatic carboxylic acids is 1. The highest BCUT2D eigenvalue weighted by Gasteiger charge is 2.21. The van der Waals surface area contributed by atoms with E-state index in [1.165, 1.54) is 64.3 Å². The van der Waals surface area contributed by atoms with Crippen molar-refractivity contribution in [1.82, 2.24) is 31.2 Å². The Morgan fingerprint density at radius 2 is 1.69 bits per heavy atom. The number of rotatable bonds is 24. The molecule has 4 rings (SSSR count). The van der Waals surface area contributed by atoms with Crippen molar-refractivity contribution in [1.29, 1.82) is 0 Å². The zero-order chi connectivity index (χ0) is 54.2. The van der Waals surface area contributed by atoms with Gasteiger partial charge in [-0.25, -0.2) is 4.98 Å². The molecule has 2 aliphatic carbocycles. The van der Waals surface area contributed by atoms with E-state index in [2.05, 4.69) is 89.3 Å². The minimum atomic E-state index is -0.893. The Hall–Kier alpha value is -4.35. The number of unbranched alkanes of at least 4 members (excludes halogenated alkanes) is 3. The van der Waals surface area contributed by atoms with Crippen LogP contribution in [0.15, 0.2) is 70.0 Å². The topological polar surface area (TPSA) is 199 Å². The van der Waals surface area contributed by atoms with Gasteiger partial charge in [-0.2, -0.15) is 0 Å². The number of ether oxygens (including phenoxy) is 2. The van der Waals surface area contributed by atoms with Crippen LogP contribution in [0.1, 0.15) is 152 Å². The Morgan fingerprint density at radius 1 is 1.00 bits per heavy atom. The van der Waals surface area contributed by atoms with Gasteiger partial charge in [0.25, 0.3) is 0 Å². The van der Waals surface area contributed by atoms with Gasteiger partial charge in [-0.1, -0.05) is 85.8 Å². The lowest BCUT2D eigenvalue weighted by atomic mass is 9.84. The highest BCUT2D eigenvalue weighted by molar-refractivity contribution is 7.13. The number of methoxy groups -OCH3 is 2. The molecule has 2 amide bonds. The van der Waals surface area contributed by atoms with Crippen molar-refractivity contribution in [3.05, 3.63) is 70.7 Å². The average molecular weight is 1020 g/mol. The van der Waals surface area contributed by atoms with Crippen molar-refractivity contribution in [3.63, 3.8) is 0 Å². The smallest absolute Gasteiger partial charge is 0.305 e. The maximum Gasteiger partial charge on any atom is 0.305 e. The summed E-state index contributed by atoms with van der Waals surface area (Å²) in [5, 5.41) is 34.4. The first-order valence-corrected chi connectivity index (χ1v) is 27.1. The predicted octanol–water partition coefficient (Wildman–Crippen LogP) is 9.93. The first kappa shape index (κ1) is 70.9. The van der Waals surface area contributed by atoms with Gasteiger partial charge in [0.2, 0.25) is 12.8 Å². The van der Waals surface area contributed by atoms with Crippen molar-refractivity contribution in [2.24, 2.45) is 16.8 Å². The van der Waals surface area contributed by atoms with E-state index in [1.54, 1.807) is 31.8 Å². The fraction of sp³-hybridized carbons (Fsp3) is 0.691. The molecule has 0 radical (unpaired) electrons. The lowest BCUT2D eigenvalue weighted by molar-refractivity contribution is -0.137. The van der Waals surface area contributed by atoms with Crippen molar-refractivity contribution in [3.8, 4) is 0 Å². The van der Waals surface area contributed by atoms with Gasteiger partial charge in [0, 0.05) is 54.4 Å². The molecular formula is C55H102N8O7S. The highest BCUT2D eigenvalue weighted by atomic mass is 32.1. The highest BCUT2D eigenvalue weighted by Crippen LogP contribution is 2.26. The summed E-state index contributed by atoms with van der Waals surface area (Å²) >= 11 is 1.58. The monoisotopic (exact) mass is 1020 g/mol. The van der Waals surface area contributed by atoms with Gasteiger partial charge in [-0.15, -0.1) is 11.3 Å². The largest absolute Gasteiger partial charge is 0.497 e. The second kappa shape index (κ2) is 49.2. The molecule has 410 valence electrons. The van der Waals surface area contributed by atoms with Crippen LogP contribution in [0.5, 0.6) is 0 Å². The van der Waals surface area contributed by atoms with Crippen LogP contribution >= 0.6 is 11.3 Å². The molecule has 1 aromatic heterocycles. The number of nitrogens with zero attached hydrogens (tertiary/aromatic N) is 3. The van der Waals surface area contributed by atoms with Gasteiger partial charge < -0.3 is 51.2 Å². The molecule has 0 spiro atoms. The summed E-state index contributed by atoms with van der Waals surface area (Å²) < 4.78 is 10.8. The van der Waals surface area contributed by atoms with Crippen molar-refractivity contribution < 1.29 is 34.1 Å². The zero-order valence-corrected chi connectivity index (χ0v) is 47.7. The Morgan fingerprint density at radius 3 is 2.15 bits per heavy atom. The molecule has 2 heterocycles. The number of amides is 2. The molecule has 16 heteroatoms. The standard InChI is InChI=1S/C19H25N3O2S.C13H23NO3.C10H22N2.C6H13N.C3H7NO2.2C2H6/c1-6-18(24-5)14-7-8-17(23-4)10-15(9-14)20-11-16-12-25-19(22-16)21-13(2)3;1-3-4-5-6-7-8-11(2)12(14-10-15)9-13(16)17;1-11-8-10(12-2)9-6-4-3-5-7-9;1-6-4-3-5-7(6)2;5-2-1-4-3-6;2*1-2/h6-13,15H,1-5H3,(H,21,22);7-8,10-12H,3-6,9H2,1-2H3,(H,14,15)(H,16,17);9-12H,3-8H2,1-2H3;6H,3-5H2,1-2H3;3,5H,1-2H2,(H,4,6);2*1-2H3/b18-6+,20-11?;8-7-;;;;;/t;;;6-;;;/m...1.../s1. The number of nitrogens with one attached hydrogen (secondary N) is 5. The number of carboxylic acids is 1. The molecule has 0 aromatic carbocycles. The lowest BCUT2D eigenvalue weighted by Gasteiger charge is -2.29. The Labute approximate surface area is 436 Å². The van der Waals surface area contributed by atoms with Gasteiger partial charge in [-0.05, 0) is 136 Å². The number of aliphatic imine (C=N–C) groups is 1. The number of carbonyl (C=O) groups excluding carboxylic acids is 2. The van der Waals surface area contributed by atoms with Gasteiger partial charge in [0.05, 0.1) is 39.0 Å². The van der Waals surface area contributed by atoms with E-state index in [0.29, 0.717) is 31.4 Å². The van der Waals surface area contributed by atoms with Crippen LogP contribution in [0.25, 0.3) is 0 Å². The number of thiazole rings is 1. The van der Waals surface area contributed by atoms with Crippen LogP contribution in [0.4, 0.5) is 5.13 Å². The van der Waals surface area contributed by atoms with Gasteiger partial charge in [0.1, 0.15) is 11.5 Å². The quantitative estimate of drug-likeness (QED) is 0.0170. The third kappa shape index (κ3) is 37.1. The number of allylic oxidation sites excluding steroid dienone is 4. The maximum atomic E-state index is 10.6. The van der Waals surface area contributed by atoms with Crippen LogP contribution in [0.2, 0.25) is 0 Å². The summed E-state index contributed by atoms with van der Waals surface area (Å²) in [4.78, 5) is 41.9. The van der Waals surface area contributed by atoms with Gasteiger partial charge >= 0.3 is 5.97 Å². The van der Waals surface area contributed by atoms with Gasteiger partial charge in [0.15, 0.2) is 5.13 Å². The third-order valence-electron chi connectivity index (χ3n) is 11.4. The van der Waals surface area contributed by atoms with Crippen LogP contribution < -0.4 is 26.6 Å². The molecule has 4 unspecified atom stereocenters. The summed E-state index contributed by atoms with van der Waals surface area (Å²) in [5.74, 6) is 1.63. The second-order valence-corrected chi connectivity index (χ2v) is 18.0. The zero-order valence-electron chi connectivity index (χ0n) is 46.9. The number of hydrogen-bond acceptors (Lipinski definition) is 13. The van der Waals surface area contributed by atoms with Crippen molar-refractivity contribution in [2.45, 2.75) is 176 Å². The summed E-state index contributed by atoms with van der Waals surface area (Å²) in [7, 11) is 9.62. The van der Waals surface area contributed by atoms with Crippen molar-refractivity contribution in [2.75, 3.05) is 66.9 Å². The number of hydrogen-bond donors (Lipinski definition) is 7. The first-order chi connectivity index (χ1) is 34.3. The van der Waals surface area contributed by atoms with E-state index in [1.807, 2.05) is 90.4 Å². The normalized spacial score (nSPS) is 17.8. The summed E-state index contributed by atoms with van der Waals surface area (Å²) in [6.45, 7) is 23.3. The molecule has 2 fully saturated rings. The Bertz CT molecular complexity index is 1610. The number of carbonyl (C=O) groups is 3. The minimum absolute atomic E-state index is 0.0126. The number of aromatic nitrogens is 1. The van der Waals surface area contributed by atoms with E-state index >= 15 is 0 Å². The predicted molar refractivity (Wildman–Crippen MR) is 302 cm³/mol.